The molecule has 2 aliphatic heterocycles. The Morgan fingerprint density at radius 2 is 2.06 bits per heavy atom. The Morgan fingerprint density at radius 3 is 2.89 bits per heavy atom. The second-order valence-corrected chi connectivity index (χ2v) is 9.37. The lowest BCUT2D eigenvalue weighted by Gasteiger charge is -2.32. The molecule has 1 aliphatic carbocycles. The highest BCUT2D eigenvalue weighted by atomic mass is 35.5. The van der Waals surface area contributed by atoms with Crippen LogP contribution >= 0.6 is 11.6 Å². The van der Waals surface area contributed by atoms with Gasteiger partial charge in [0.2, 0.25) is 5.95 Å². The summed E-state index contributed by atoms with van der Waals surface area (Å²) in [4.78, 5) is 23.5. The summed E-state index contributed by atoms with van der Waals surface area (Å²) in [5.41, 5.74) is 1.89. The van der Waals surface area contributed by atoms with Gasteiger partial charge in [-0.3, -0.25) is 9.56 Å². The molecule has 2 N–H and O–H groups in total. The number of likely N-dealkylation sites (N-methyl/N-ethyl adjacent to an activating group) is 1. The van der Waals surface area contributed by atoms with E-state index in [0.717, 1.165) is 32.0 Å². The highest BCUT2D eigenvalue weighted by molar-refractivity contribution is 6.31. The Kier molecular flexibility index (Phi) is 5.62. The first kappa shape index (κ1) is 22.0. The number of hydrogen-bond donors (Lipinski definition) is 2. The molecule has 1 fully saturated rings. The number of halogens is 2. The van der Waals surface area contributed by atoms with Gasteiger partial charge in [0.15, 0.2) is 17.0 Å². The molecule has 4 heterocycles. The van der Waals surface area contributed by atoms with Crippen molar-refractivity contribution in [1.82, 2.24) is 29.7 Å². The van der Waals surface area contributed by atoms with Gasteiger partial charge in [-0.25, -0.2) is 9.37 Å². The minimum atomic E-state index is -0.314. The van der Waals surface area contributed by atoms with Gasteiger partial charge in [-0.15, -0.1) is 0 Å². The number of piperazine rings is 1. The predicted molar refractivity (Wildman–Crippen MR) is 136 cm³/mol. The molecule has 2 unspecified atom stereocenters. The maximum absolute atomic E-state index is 14.0. The zero-order valence-corrected chi connectivity index (χ0v) is 20.0. The van der Waals surface area contributed by atoms with Crippen LogP contribution in [0.25, 0.3) is 16.9 Å². The van der Waals surface area contributed by atoms with Crippen LogP contribution in [-0.2, 0) is 0 Å². The van der Waals surface area contributed by atoms with Crippen molar-refractivity contribution >= 4 is 40.4 Å². The number of imidazole rings is 1. The van der Waals surface area contributed by atoms with Crippen molar-refractivity contribution in [1.29, 1.82) is 0 Å². The SMILES string of the molecule is CN1CCN(c2nc(NCC3=NC4C=CC(Cl)=CC4N3)c3ncn(-c4cccc(F)c4)c3n2)CC1. The van der Waals surface area contributed by atoms with E-state index < -0.39 is 0 Å². The molecule has 3 aliphatic rings. The first-order chi connectivity index (χ1) is 17.0. The van der Waals surface area contributed by atoms with Gasteiger partial charge >= 0.3 is 0 Å². The zero-order chi connectivity index (χ0) is 23.9. The molecule has 1 saturated heterocycles. The van der Waals surface area contributed by atoms with Gasteiger partial charge in [0, 0.05) is 31.2 Å². The van der Waals surface area contributed by atoms with Crippen LogP contribution in [0, 0.1) is 5.82 Å². The number of fused-ring (bicyclic) bond motifs is 2. The molecule has 0 radical (unpaired) electrons. The molecule has 6 rings (SSSR count). The van der Waals surface area contributed by atoms with Crippen LogP contribution in [-0.4, -0.2) is 82.1 Å². The number of amidine groups is 1. The summed E-state index contributed by atoms with van der Waals surface area (Å²) in [7, 11) is 2.11. The van der Waals surface area contributed by atoms with E-state index in [4.69, 9.17) is 26.6 Å². The lowest BCUT2D eigenvalue weighted by molar-refractivity contribution is 0.311. The van der Waals surface area contributed by atoms with Crippen molar-refractivity contribution in [2.75, 3.05) is 50.0 Å². The highest BCUT2D eigenvalue weighted by Crippen LogP contribution is 2.26. The average molecular weight is 494 g/mol. The fourth-order valence-corrected chi connectivity index (χ4v) is 4.74. The molecule has 11 heteroatoms. The largest absolute Gasteiger partial charge is 0.364 e. The number of aliphatic imine (C=N–C) groups is 1. The van der Waals surface area contributed by atoms with Crippen LogP contribution in [0.2, 0.25) is 0 Å². The van der Waals surface area contributed by atoms with Gasteiger partial charge in [-0.1, -0.05) is 23.7 Å². The van der Waals surface area contributed by atoms with Crippen LogP contribution in [0.5, 0.6) is 0 Å². The van der Waals surface area contributed by atoms with E-state index in [0.29, 0.717) is 40.2 Å². The first-order valence-corrected chi connectivity index (χ1v) is 12.0. The van der Waals surface area contributed by atoms with E-state index in [-0.39, 0.29) is 17.9 Å². The Labute approximate surface area is 207 Å². The lowest BCUT2D eigenvalue weighted by Crippen LogP contribution is -2.45. The Bertz CT molecular complexity index is 1360. The van der Waals surface area contributed by atoms with E-state index in [1.807, 2.05) is 24.3 Å². The fraction of sp³-hybridized carbons (Fsp3) is 0.333. The third-order valence-corrected chi connectivity index (χ3v) is 6.73. The second-order valence-electron chi connectivity index (χ2n) is 8.93. The van der Waals surface area contributed by atoms with Gasteiger partial charge in [0.05, 0.1) is 24.3 Å². The Hall–Kier alpha value is -3.50. The molecular weight excluding hydrogens is 469 g/mol. The number of hydrogen-bond acceptors (Lipinski definition) is 8. The number of benzene rings is 1. The predicted octanol–water partition coefficient (Wildman–Crippen LogP) is 2.55. The van der Waals surface area contributed by atoms with Crippen LogP contribution in [0.4, 0.5) is 16.2 Å². The van der Waals surface area contributed by atoms with E-state index >= 15 is 0 Å². The molecule has 180 valence electrons. The minimum absolute atomic E-state index is 0.0350. The van der Waals surface area contributed by atoms with Gasteiger partial charge in [-0.2, -0.15) is 9.97 Å². The van der Waals surface area contributed by atoms with Crippen LogP contribution in [0.3, 0.4) is 0 Å². The number of nitrogens with zero attached hydrogens (tertiary/aromatic N) is 7. The highest BCUT2D eigenvalue weighted by Gasteiger charge is 2.27. The first-order valence-electron chi connectivity index (χ1n) is 11.6. The van der Waals surface area contributed by atoms with Crippen LogP contribution < -0.4 is 15.5 Å². The molecule has 0 saturated carbocycles. The summed E-state index contributed by atoms with van der Waals surface area (Å²) < 4.78 is 15.8. The van der Waals surface area contributed by atoms with Crippen molar-refractivity contribution in [2.24, 2.45) is 4.99 Å². The standard InChI is InChI=1S/C24H25ClFN9/c1-33-7-9-34(10-8-33)24-31-22(27-13-20-29-18-6-5-15(25)11-19(18)30-20)21-23(32-24)35(14-28-21)17-4-2-3-16(26)12-17/h2-6,11-12,14,18-19H,7-10,13H2,1H3,(H,29,30)(H,27,31,32). The molecule has 0 amide bonds. The van der Waals surface area contributed by atoms with Gasteiger partial charge in [-0.05, 0) is 37.4 Å². The summed E-state index contributed by atoms with van der Waals surface area (Å²) >= 11 is 6.14. The monoisotopic (exact) mass is 493 g/mol. The molecule has 9 nitrogen and oxygen atoms in total. The quantitative estimate of drug-likeness (QED) is 0.565. The van der Waals surface area contributed by atoms with Crippen molar-refractivity contribution in [3.8, 4) is 5.69 Å². The van der Waals surface area contributed by atoms with E-state index in [9.17, 15) is 4.39 Å². The van der Waals surface area contributed by atoms with E-state index in [1.54, 1.807) is 17.0 Å². The van der Waals surface area contributed by atoms with Crippen molar-refractivity contribution < 1.29 is 4.39 Å². The number of rotatable bonds is 5. The Morgan fingerprint density at radius 1 is 1.20 bits per heavy atom. The maximum atomic E-state index is 14.0. The number of nitrogens with one attached hydrogen (secondary N) is 2. The molecule has 3 aromatic rings. The van der Waals surface area contributed by atoms with E-state index in [2.05, 4.69) is 32.5 Å². The fourth-order valence-electron chi connectivity index (χ4n) is 4.53. The van der Waals surface area contributed by atoms with Crippen LogP contribution in [0.15, 0.2) is 58.8 Å². The molecule has 0 spiro atoms. The maximum Gasteiger partial charge on any atom is 0.229 e. The van der Waals surface area contributed by atoms with Crippen molar-refractivity contribution in [3.05, 3.63) is 59.7 Å². The molecular formula is C24H25ClFN9. The summed E-state index contributed by atoms with van der Waals surface area (Å²) in [5.74, 6) is 1.75. The summed E-state index contributed by atoms with van der Waals surface area (Å²) in [6, 6.07) is 6.49. The number of anilines is 2. The molecule has 35 heavy (non-hydrogen) atoms. The number of allylic oxidation sites excluding steroid dienone is 2. The summed E-state index contributed by atoms with van der Waals surface area (Å²) in [6.07, 6.45) is 7.50. The minimum Gasteiger partial charge on any atom is -0.364 e. The van der Waals surface area contributed by atoms with Crippen LogP contribution in [0.1, 0.15) is 0 Å². The molecule has 0 bridgehead atoms. The second kappa shape index (κ2) is 8.94. The topological polar surface area (TPSA) is 86.5 Å². The zero-order valence-electron chi connectivity index (χ0n) is 19.2. The normalized spacial score (nSPS) is 22.1. The van der Waals surface area contributed by atoms with Gasteiger partial charge < -0.3 is 20.4 Å². The van der Waals surface area contributed by atoms with Gasteiger partial charge in [0.1, 0.15) is 18.0 Å². The molecule has 2 aromatic heterocycles. The lowest BCUT2D eigenvalue weighted by atomic mass is 10.1. The van der Waals surface area contributed by atoms with E-state index in [1.165, 1.54) is 12.1 Å². The third-order valence-electron chi connectivity index (χ3n) is 6.48. The average Bonchev–Trinajstić information content (AvgIpc) is 3.46. The summed E-state index contributed by atoms with van der Waals surface area (Å²) in [5, 5.41) is 7.53. The molecule has 1 aromatic carbocycles. The van der Waals surface area contributed by atoms with Crippen molar-refractivity contribution in [2.45, 2.75) is 12.1 Å². The summed E-state index contributed by atoms with van der Waals surface area (Å²) in [6.45, 7) is 3.97. The number of aromatic nitrogens is 4. The Balaban J connectivity index is 1.34. The third kappa shape index (κ3) is 4.35. The smallest absolute Gasteiger partial charge is 0.229 e. The van der Waals surface area contributed by atoms with Crippen molar-refractivity contribution in [3.63, 3.8) is 0 Å². The molecule has 2 atom stereocenters. The van der Waals surface area contributed by atoms with Gasteiger partial charge in [0.25, 0.3) is 0 Å².